The summed E-state index contributed by atoms with van der Waals surface area (Å²) in [5, 5.41) is 3.43. The van der Waals surface area contributed by atoms with E-state index >= 15 is 0 Å². The fraction of sp³-hybridized carbons (Fsp3) is 0.538. The van der Waals surface area contributed by atoms with Gasteiger partial charge in [0, 0.05) is 4.47 Å². The molecule has 1 unspecified atom stereocenters. The molecule has 1 aliphatic rings. The molecule has 0 saturated carbocycles. The Kier molecular flexibility index (Phi) is 3.47. The Morgan fingerprint density at radius 2 is 2.20 bits per heavy atom. The lowest BCUT2D eigenvalue weighted by Crippen LogP contribution is -2.11. The highest BCUT2D eigenvalue weighted by atomic mass is 79.9. The number of halogens is 1. The van der Waals surface area contributed by atoms with E-state index in [1.54, 1.807) is 0 Å². The van der Waals surface area contributed by atoms with E-state index in [2.05, 4.69) is 47.2 Å². The van der Waals surface area contributed by atoms with E-state index in [0.717, 1.165) is 5.92 Å². The molecule has 1 aliphatic heterocycles. The van der Waals surface area contributed by atoms with Crippen molar-refractivity contribution in [3.05, 3.63) is 33.3 Å². The van der Waals surface area contributed by atoms with Gasteiger partial charge in [0.1, 0.15) is 0 Å². The molecule has 15 heavy (non-hydrogen) atoms. The molecule has 0 aromatic heterocycles. The number of rotatable bonds is 2. The third-order valence-corrected chi connectivity index (χ3v) is 4.21. The summed E-state index contributed by atoms with van der Waals surface area (Å²) in [6.45, 7) is 6.79. The third-order valence-electron chi connectivity index (χ3n) is 3.47. The van der Waals surface area contributed by atoms with Crippen molar-refractivity contribution in [2.24, 2.45) is 5.92 Å². The Hall–Kier alpha value is -0.340. The Balaban J connectivity index is 2.22. The number of hydrogen-bond acceptors (Lipinski definition) is 1. The zero-order valence-corrected chi connectivity index (χ0v) is 11.0. The molecule has 1 N–H and O–H groups in total. The molecule has 1 fully saturated rings. The average Bonchev–Trinajstić information content (AvgIpc) is 2.71. The molecular formula is C13H18BrN. The molecule has 0 amide bonds. The van der Waals surface area contributed by atoms with Crippen LogP contribution >= 0.6 is 15.9 Å². The summed E-state index contributed by atoms with van der Waals surface area (Å²) in [4.78, 5) is 0. The van der Waals surface area contributed by atoms with Gasteiger partial charge in [0.2, 0.25) is 0 Å². The van der Waals surface area contributed by atoms with Crippen LogP contribution < -0.4 is 5.32 Å². The summed E-state index contributed by atoms with van der Waals surface area (Å²) < 4.78 is 1.28. The predicted molar refractivity (Wildman–Crippen MR) is 68.3 cm³/mol. The van der Waals surface area contributed by atoms with Gasteiger partial charge in [-0.25, -0.2) is 0 Å². The Bertz CT molecular complexity index is 354. The normalized spacial score (nSPS) is 20.9. The van der Waals surface area contributed by atoms with Crippen molar-refractivity contribution >= 4 is 15.9 Å². The van der Waals surface area contributed by atoms with E-state index in [9.17, 15) is 0 Å². The van der Waals surface area contributed by atoms with Crippen molar-refractivity contribution in [3.63, 3.8) is 0 Å². The maximum absolute atomic E-state index is 3.67. The maximum atomic E-state index is 3.67. The van der Waals surface area contributed by atoms with E-state index in [-0.39, 0.29) is 0 Å². The average molecular weight is 268 g/mol. The quantitative estimate of drug-likeness (QED) is 0.868. The van der Waals surface area contributed by atoms with Crippen molar-refractivity contribution in [1.82, 2.24) is 5.32 Å². The van der Waals surface area contributed by atoms with Gasteiger partial charge < -0.3 is 5.32 Å². The lowest BCUT2D eigenvalue weighted by Gasteiger charge is -2.14. The molecule has 1 nitrogen and oxygen atoms in total. The topological polar surface area (TPSA) is 12.0 Å². The summed E-state index contributed by atoms with van der Waals surface area (Å²) in [5.41, 5.74) is 4.36. The number of aryl methyl sites for hydroxylation is 1. The summed E-state index contributed by atoms with van der Waals surface area (Å²) in [6.07, 6.45) is 2.53. The number of hydrogen-bond donors (Lipinski definition) is 1. The third kappa shape index (κ3) is 2.43. The van der Waals surface area contributed by atoms with Gasteiger partial charge in [-0.05, 0) is 68.5 Å². The van der Waals surface area contributed by atoms with Crippen LogP contribution in [0.25, 0.3) is 0 Å². The summed E-state index contributed by atoms with van der Waals surface area (Å²) >= 11 is 3.67. The molecule has 0 radical (unpaired) electrons. The molecule has 1 aromatic carbocycles. The first-order valence-electron chi connectivity index (χ1n) is 5.64. The van der Waals surface area contributed by atoms with Crippen LogP contribution in [0.4, 0.5) is 0 Å². The highest BCUT2D eigenvalue weighted by Crippen LogP contribution is 2.27. The van der Waals surface area contributed by atoms with Crippen molar-refractivity contribution in [2.45, 2.75) is 26.7 Å². The van der Waals surface area contributed by atoms with Crippen LogP contribution in [0, 0.1) is 19.8 Å². The number of nitrogens with one attached hydrogen (secondary N) is 1. The minimum atomic E-state index is 0.821. The SMILES string of the molecule is Cc1ccc(Br)c(CC2CCNC2)c1C. The molecule has 2 rings (SSSR count). The zero-order chi connectivity index (χ0) is 10.8. The van der Waals surface area contributed by atoms with Gasteiger partial charge in [0.25, 0.3) is 0 Å². The van der Waals surface area contributed by atoms with Crippen molar-refractivity contribution in [3.8, 4) is 0 Å². The van der Waals surface area contributed by atoms with Gasteiger partial charge in [-0.15, -0.1) is 0 Å². The monoisotopic (exact) mass is 267 g/mol. The van der Waals surface area contributed by atoms with E-state index < -0.39 is 0 Å². The molecule has 0 bridgehead atoms. The van der Waals surface area contributed by atoms with Crippen LogP contribution in [0.2, 0.25) is 0 Å². The minimum Gasteiger partial charge on any atom is -0.316 e. The van der Waals surface area contributed by atoms with Crippen molar-refractivity contribution < 1.29 is 0 Å². The van der Waals surface area contributed by atoms with Crippen LogP contribution in [0.1, 0.15) is 23.1 Å². The standard InChI is InChI=1S/C13H18BrN/c1-9-3-4-13(14)12(10(9)2)7-11-5-6-15-8-11/h3-4,11,15H,5-8H2,1-2H3. The summed E-state index contributed by atoms with van der Waals surface area (Å²) in [5.74, 6) is 0.821. The highest BCUT2D eigenvalue weighted by Gasteiger charge is 2.17. The molecular weight excluding hydrogens is 250 g/mol. The molecule has 1 aromatic rings. The van der Waals surface area contributed by atoms with Crippen LogP contribution in [0.5, 0.6) is 0 Å². The Labute approximate surface area is 100 Å². The summed E-state index contributed by atoms with van der Waals surface area (Å²) in [7, 11) is 0. The number of benzene rings is 1. The molecule has 82 valence electrons. The Morgan fingerprint density at radius 1 is 1.40 bits per heavy atom. The zero-order valence-electron chi connectivity index (χ0n) is 9.44. The predicted octanol–water partition coefficient (Wildman–Crippen LogP) is 3.22. The minimum absolute atomic E-state index is 0.821. The second-order valence-corrected chi connectivity index (χ2v) is 5.39. The lowest BCUT2D eigenvalue weighted by atomic mass is 9.93. The van der Waals surface area contributed by atoms with Gasteiger partial charge in [0.05, 0.1) is 0 Å². The van der Waals surface area contributed by atoms with Gasteiger partial charge in [-0.3, -0.25) is 0 Å². The molecule has 1 heterocycles. The van der Waals surface area contributed by atoms with Crippen LogP contribution in [-0.4, -0.2) is 13.1 Å². The first-order valence-corrected chi connectivity index (χ1v) is 6.43. The molecule has 0 spiro atoms. The Morgan fingerprint density at radius 3 is 2.87 bits per heavy atom. The van der Waals surface area contributed by atoms with Crippen LogP contribution in [-0.2, 0) is 6.42 Å². The van der Waals surface area contributed by atoms with Crippen molar-refractivity contribution in [2.75, 3.05) is 13.1 Å². The van der Waals surface area contributed by atoms with Crippen LogP contribution in [0.15, 0.2) is 16.6 Å². The molecule has 1 saturated heterocycles. The molecule has 2 heteroatoms. The van der Waals surface area contributed by atoms with Gasteiger partial charge >= 0.3 is 0 Å². The van der Waals surface area contributed by atoms with Gasteiger partial charge in [0.15, 0.2) is 0 Å². The maximum Gasteiger partial charge on any atom is 0.0210 e. The lowest BCUT2D eigenvalue weighted by molar-refractivity contribution is 0.577. The van der Waals surface area contributed by atoms with E-state index in [0.29, 0.717) is 0 Å². The smallest absolute Gasteiger partial charge is 0.0210 e. The van der Waals surface area contributed by atoms with E-state index in [1.165, 1.54) is 47.1 Å². The van der Waals surface area contributed by atoms with E-state index in [4.69, 9.17) is 0 Å². The first kappa shape index (κ1) is 11.2. The fourth-order valence-electron chi connectivity index (χ4n) is 2.27. The van der Waals surface area contributed by atoms with Crippen LogP contribution in [0.3, 0.4) is 0 Å². The fourth-order valence-corrected chi connectivity index (χ4v) is 2.86. The highest BCUT2D eigenvalue weighted by molar-refractivity contribution is 9.10. The molecule has 1 atom stereocenters. The van der Waals surface area contributed by atoms with Crippen molar-refractivity contribution in [1.29, 1.82) is 0 Å². The summed E-state index contributed by atoms with van der Waals surface area (Å²) in [6, 6.07) is 4.37. The second kappa shape index (κ2) is 4.67. The van der Waals surface area contributed by atoms with Gasteiger partial charge in [-0.2, -0.15) is 0 Å². The second-order valence-electron chi connectivity index (χ2n) is 4.53. The van der Waals surface area contributed by atoms with E-state index in [1.807, 2.05) is 0 Å². The molecule has 0 aliphatic carbocycles. The largest absolute Gasteiger partial charge is 0.316 e. The first-order chi connectivity index (χ1) is 7.18. The van der Waals surface area contributed by atoms with Gasteiger partial charge in [-0.1, -0.05) is 22.0 Å².